The molecule has 0 aliphatic heterocycles. The Morgan fingerprint density at radius 3 is 2.27 bits per heavy atom. The third kappa shape index (κ3) is 5.26. The number of hydrogen-bond donors (Lipinski definition) is 0. The van der Waals surface area contributed by atoms with Crippen molar-refractivity contribution in [2.24, 2.45) is 17.8 Å². The third-order valence-electron chi connectivity index (χ3n) is 6.61. The Bertz CT molecular complexity index is 616. The summed E-state index contributed by atoms with van der Waals surface area (Å²) in [5, 5.41) is 0. The zero-order valence-corrected chi connectivity index (χ0v) is 17.8. The summed E-state index contributed by atoms with van der Waals surface area (Å²) in [4.78, 5) is 0.717. The number of rotatable bonds is 4. The molecule has 0 spiro atoms. The van der Waals surface area contributed by atoms with Gasteiger partial charge >= 0.3 is 0 Å². The van der Waals surface area contributed by atoms with E-state index in [-0.39, 0.29) is 0 Å². The second kappa shape index (κ2) is 9.80. The molecule has 2 fully saturated rings. The van der Waals surface area contributed by atoms with Crippen LogP contribution in [0.15, 0.2) is 36.9 Å². The van der Waals surface area contributed by atoms with E-state index in [4.69, 9.17) is 0 Å². The molecule has 3 rings (SSSR count). The average molecular weight is 413 g/mol. The van der Waals surface area contributed by atoms with Crippen molar-refractivity contribution in [1.82, 2.24) is 0 Å². The molecule has 1 heteroatoms. The van der Waals surface area contributed by atoms with Gasteiger partial charge in [0.25, 0.3) is 0 Å². The third-order valence-corrected chi connectivity index (χ3v) is 7.53. The number of alkyl halides is 1. The molecule has 0 saturated heterocycles. The lowest BCUT2D eigenvalue weighted by atomic mass is 9.73. The lowest BCUT2D eigenvalue weighted by Crippen LogP contribution is -2.19. The Hall–Kier alpha value is -1.00. The second-order valence-electron chi connectivity index (χ2n) is 8.26. The van der Waals surface area contributed by atoms with Crippen LogP contribution in [0.2, 0.25) is 0 Å². The van der Waals surface area contributed by atoms with Gasteiger partial charge in [-0.05, 0) is 93.2 Å². The van der Waals surface area contributed by atoms with Gasteiger partial charge in [0, 0.05) is 16.3 Å². The Morgan fingerprint density at radius 1 is 1.04 bits per heavy atom. The van der Waals surface area contributed by atoms with Crippen LogP contribution >= 0.6 is 15.9 Å². The van der Waals surface area contributed by atoms with Crippen molar-refractivity contribution < 1.29 is 0 Å². The molecule has 0 radical (unpaired) electrons. The number of halogens is 1. The smallest absolute Gasteiger partial charge is 0.0245 e. The summed E-state index contributed by atoms with van der Waals surface area (Å²) < 4.78 is 0. The van der Waals surface area contributed by atoms with E-state index in [9.17, 15) is 0 Å². The first-order valence-corrected chi connectivity index (χ1v) is 11.5. The maximum atomic E-state index is 4.03. The molecule has 0 amide bonds. The van der Waals surface area contributed by atoms with Crippen LogP contribution in [-0.2, 0) is 0 Å². The summed E-state index contributed by atoms with van der Waals surface area (Å²) in [6, 6.07) is 9.14. The number of benzene rings is 1. The predicted octanol–water partition coefficient (Wildman–Crippen LogP) is 7.48. The summed E-state index contributed by atoms with van der Waals surface area (Å²) in [6.07, 6.45) is 13.8. The molecular formula is C25H33Br. The highest BCUT2D eigenvalue weighted by molar-refractivity contribution is 9.09. The normalized spacial score (nSPS) is 30.1. The zero-order chi connectivity index (χ0) is 18.4. The SMILES string of the molecule is C=CC(CC)[C@H]1CC[C@H](c2ccc(C#C[C@H]3CC[C@H](Br)CC3)cc2)CC1. The van der Waals surface area contributed by atoms with Crippen molar-refractivity contribution in [3.63, 3.8) is 0 Å². The van der Waals surface area contributed by atoms with Crippen molar-refractivity contribution in [1.29, 1.82) is 0 Å². The van der Waals surface area contributed by atoms with E-state index in [1.54, 1.807) is 0 Å². The second-order valence-corrected chi connectivity index (χ2v) is 9.55. The van der Waals surface area contributed by atoms with Crippen molar-refractivity contribution in [3.8, 4) is 11.8 Å². The molecule has 0 heterocycles. The van der Waals surface area contributed by atoms with E-state index in [1.807, 2.05) is 0 Å². The molecular weight excluding hydrogens is 380 g/mol. The van der Waals surface area contributed by atoms with Gasteiger partial charge in [-0.15, -0.1) is 6.58 Å². The van der Waals surface area contributed by atoms with Crippen LogP contribution in [0.25, 0.3) is 0 Å². The highest BCUT2D eigenvalue weighted by Crippen LogP contribution is 2.39. The first-order valence-electron chi connectivity index (χ1n) is 10.6. The highest BCUT2D eigenvalue weighted by Gasteiger charge is 2.25. The monoisotopic (exact) mass is 412 g/mol. The zero-order valence-electron chi connectivity index (χ0n) is 16.2. The van der Waals surface area contributed by atoms with Gasteiger partial charge < -0.3 is 0 Å². The Morgan fingerprint density at radius 2 is 1.69 bits per heavy atom. The first-order chi connectivity index (χ1) is 12.7. The summed E-state index contributed by atoms with van der Waals surface area (Å²) in [6.45, 7) is 6.33. The molecule has 26 heavy (non-hydrogen) atoms. The van der Waals surface area contributed by atoms with Gasteiger partial charge in [-0.1, -0.05) is 52.9 Å². The van der Waals surface area contributed by atoms with Gasteiger partial charge in [0.05, 0.1) is 0 Å². The maximum absolute atomic E-state index is 4.03. The van der Waals surface area contributed by atoms with Crippen LogP contribution in [-0.4, -0.2) is 4.83 Å². The average Bonchev–Trinajstić information content (AvgIpc) is 2.69. The fourth-order valence-corrected chi connectivity index (χ4v) is 5.32. The Labute approximate surface area is 169 Å². The lowest BCUT2D eigenvalue weighted by Gasteiger charge is -2.32. The van der Waals surface area contributed by atoms with E-state index in [0.717, 1.165) is 11.8 Å². The molecule has 2 aliphatic rings. The maximum Gasteiger partial charge on any atom is 0.0245 e. The van der Waals surface area contributed by atoms with Crippen LogP contribution in [0.4, 0.5) is 0 Å². The molecule has 140 valence electrons. The molecule has 1 unspecified atom stereocenters. The number of allylic oxidation sites excluding steroid dienone is 1. The van der Waals surface area contributed by atoms with Crippen LogP contribution in [0.1, 0.15) is 81.8 Å². The standard InChI is InChI=1S/C25H33Br/c1-3-21(4-2)22-13-15-24(16-14-22)23-11-7-19(8-12-23)5-6-20-9-17-25(26)18-10-20/h3,7-8,11-12,20-22,24-25H,1,4,9-10,13-18H2,2H3/t20-,21?,22-,24-,25-. The van der Waals surface area contributed by atoms with Gasteiger partial charge in [0.2, 0.25) is 0 Å². The summed E-state index contributed by atoms with van der Waals surface area (Å²) in [7, 11) is 0. The molecule has 2 aliphatic carbocycles. The van der Waals surface area contributed by atoms with Crippen molar-refractivity contribution in [3.05, 3.63) is 48.0 Å². The summed E-state index contributed by atoms with van der Waals surface area (Å²) >= 11 is 3.72. The largest absolute Gasteiger partial charge is 0.103 e. The van der Waals surface area contributed by atoms with Gasteiger partial charge in [-0.3, -0.25) is 0 Å². The quantitative estimate of drug-likeness (QED) is 0.273. The predicted molar refractivity (Wildman–Crippen MR) is 117 cm³/mol. The van der Waals surface area contributed by atoms with E-state index >= 15 is 0 Å². The van der Waals surface area contributed by atoms with Crippen LogP contribution in [0.3, 0.4) is 0 Å². The van der Waals surface area contributed by atoms with E-state index in [0.29, 0.717) is 16.7 Å². The Kier molecular flexibility index (Phi) is 7.44. The van der Waals surface area contributed by atoms with Gasteiger partial charge in [-0.2, -0.15) is 0 Å². The van der Waals surface area contributed by atoms with Crippen molar-refractivity contribution >= 4 is 15.9 Å². The molecule has 0 N–H and O–H groups in total. The molecule has 0 aromatic heterocycles. The topological polar surface area (TPSA) is 0 Å². The molecule has 1 atom stereocenters. The van der Waals surface area contributed by atoms with Crippen molar-refractivity contribution in [2.75, 3.05) is 0 Å². The molecule has 1 aromatic carbocycles. The minimum atomic E-state index is 0.593. The lowest BCUT2D eigenvalue weighted by molar-refractivity contribution is 0.261. The van der Waals surface area contributed by atoms with E-state index < -0.39 is 0 Å². The minimum absolute atomic E-state index is 0.593. The summed E-state index contributed by atoms with van der Waals surface area (Å²) in [5.74, 6) is 9.83. The van der Waals surface area contributed by atoms with E-state index in [1.165, 1.54) is 68.9 Å². The Balaban J connectivity index is 1.53. The van der Waals surface area contributed by atoms with E-state index in [2.05, 4.69) is 71.6 Å². The fraction of sp³-hybridized carbons (Fsp3) is 0.600. The van der Waals surface area contributed by atoms with Crippen molar-refractivity contribution in [2.45, 2.75) is 75.5 Å². The van der Waals surface area contributed by atoms with Crippen LogP contribution < -0.4 is 0 Å². The molecule has 0 nitrogen and oxygen atoms in total. The fourth-order valence-electron chi connectivity index (χ4n) is 4.79. The summed E-state index contributed by atoms with van der Waals surface area (Å²) in [5.41, 5.74) is 2.70. The molecule has 2 saturated carbocycles. The highest BCUT2D eigenvalue weighted by atomic mass is 79.9. The molecule has 1 aromatic rings. The van der Waals surface area contributed by atoms with Crippen LogP contribution in [0.5, 0.6) is 0 Å². The van der Waals surface area contributed by atoms with Gasteiger partial charge in [-0.25, -0.2) is 0 Å². The van der Waals surface area contributed by atoms with Gasteiger partial charge in [0.15, 0.2) is 0 Å². The van der Waals surface area contributed by atoms with Crippen LogP contribution in [0, 0.1) is 29.6 Å². The van der Waals surface area contributed by atoms with Gasteiger partial charge in [0.1, 0.15) is 0 Å². The molecule has 0 bridgehead atoms. The number of hydrogen-bond acceptors (Lipinski definition) is 0. The first kappa shape index (κ1) is 19.8. The minimum Gasteiger partial charge on any atom is -0.103 e.